The maximum absolute atomic E-state index is 5.64. The summed E-state index contributed by atoms with van der Waals surface area (Å²) in [4.78, 5) is 5.64. The lowest BCUT2D eigenvalue weighted by Gasteiger charge is -2.32. The maximum Gasteiger partial charge on any atom is 0.206 e. The first kappa shape index (κ1) is 39.2. The highest BCUT2D eigenvalue weighted by Gasteiger charge is 2.30. The average Bonchev–Trinajstić information content (AvgIpc) is 4.07. The topological polar surface area (TPSA) is 51.2 Å². The van der Waals surface area contributed by atoms with Crippen molar-refractivity contribution in [2.45, 2.75) is 12.3 Å². The lowest BCUT2D eigenvalue weighted by Crippen LogP contribution is -2.47. The summed E-state index contributed by atoms with van der Waals surface area (Å²) in [6, 6.07) is 87.6. The van der Waals surface area contributed by atoms with Crippen molar-refractivity contribution in [1.29, 1.82) is 0 Å². The third-order valence-corrected chi connectivity index (χ3v) is 14.1. The Hall–Kier alpha value is -8.97. The molecule has 1 aliphatic rings. The second kappa shape index (κ2) is 15.8. The highest BCUT2D eigenvalue weighted by Crippen LogP contribution is 2.45. The van der Waals surface area contributed by atoms with E-state index in [0.717, 1.165) is 67.0 Å². The van der Waals surface area contributed by atoms with Gasteiger partial charge in [0.05, 0.1) is 33.1 Å². The quantitative estimate of drug-likeness (QED) is 0.175. The Morgan fingerprint density at radius 3 is 1.43 bits per heavy atom. The molecule has 6 heteroatoms. The molecule has 326 valence electrons. The van der Waals surface area contributed by atoms with Crippen molar-refractivity contribution in [3.8, 4) is 33.6 Å². The average molecular weight is 885 g/mol. The summed E-state index contributed by atoms with van der Waals surface area (Å²) >= 11 is 0. The minimum Gasteiger partial charge on any atom is -0.336 e. The number of aliphatic imine (C=N–C) groups is 1. The molecule has 2 N–H and O–H groups in total. The Bertz CT molecular complexity index is 4110. The Kier molecular flexibility index (Phi) is 9.00. The highest BCUT2D eigenvalue weighted by atomic mass is 15.4. The molecule has 2 unspecified atom stereocenters. The van der Waals surface area contributed by atoms with Gasteiger partial charge in [-0.1, -0.05) is 200 Å². The molecule has 0 saturated heterocycles. The zero-order valence-corrected chi connectivity index (χ0v) is 37.5. The van der Waals surface area contributed by atoms with Gasteiger partial charge in [-0.2, -0.15) is 0 Å². The summed E-state index contributed by atoms with van der Waals surface area (Å²) in [5, 5.41) is 14.9. The molecule has 0 amide bonds. The van der Waals surface area contributed by atoms with Crippen LogP contribution >= 0.6 is 0 Å². The smallest absolute Gasteiger partial charge is 0.206 e. The van der Waals surface area contributed by atoms with Crippen molar-refractivity contribution in [3.05, 3.63) is 254 Å². The van der Waals surface area contributed by atoms with Gasteiger partial charge >= 0.3 is 0 Å². The summed E-state index contributed by atoms with van der Waals surface area (Å²) in [6.07, 6.45) is -0.563. The van der Waals surface area contributed by atoms with Crippen LogP contribution in [0.4, 0.5) is 0 Å². The number of fused-ring (bicyclic) bond motifs is 10. The lowest BCUT2D eigenvalue weighted by atomic mass is 10.0. The lowest BCUT2D eigenvalue weighted by molar-refractivity contribution is 0.403. The van der Waals surface area contributed by atoms with E-state index < -0.39 is 0 Å². The predicted octanol–water partition coefficient (Wildman–Crippen LogP) is 15.1. The van der Waals surface area contributed by atoms with Gasteiger partial charge in [0.2, 0.25) is 5.96 Å². The van der Waals surface area contributed by atoms with Crippen LogP contribution in [0.2, 0.25) is 0 Å². The van der Waals surface area contributed by atoms with E-state index in [1.54, 1.807) is 0 Å². The SMILES string of the molecule is c1ccc(-c2ccc(C3N=C(n4c5ccccc5c5ccc6c7ccccc7n(-c7cc(-c8ccccc8)c8c(c7)c7ccccc7n8-c7ccccc7)c6c54)NC(c4ccccc4)N3)cc2)cc1. The van der Waals surface area contributed by atoms with E-state index in [4.69, 9.17) is 4.99 Å². The van der Waals surface area contributed by atoms with Crippen LogP contribution < -0.4 is 10.6 Å². The molecule has 0 saturated carbocycles. The van der Waals surface area contributed by atoms with Crippen molar-refractivity contribution in [2.75, 3.05) is 0 Å². The monoisotopic (exact) mass is 884 g/mol. The van der Waals surface area contributed by atoms with Gasteiger partial charge in [0.1, 0.15) is 12.3 Å². The van der Waals surface area contributed by atoms with Gasteiger partial charge < -0.3 is 14.5 Å². The molecule has 69 heavy (non-hydrogen) atoms. The Morgan fingerprint density at radius 1 is 0.333 bits per heavy atom. The fourth-order valence-corrected chi connectivity index (χ4v) is 11.0. The fraction of sp³-hybridized carbons (Fsp3) is 0.0317. The van der Waals surface area contributed by atoms with Crippen molar-refractivity contribution in [3.63, 3.8) is 0 Å². The maximum atomic E-state index is 5.64. The van der Waals surface area contributed by atoms with Crippen molar-refractivity contribution in [1.82, 2.24) is 24.3 Å². The standard InChI is InChI=1S/C63H44N6/c1-5-19-41(20-6-1)42-33-35-45(36-34-42)62-64-61(44-23-9-3-10-24-44)65-63(66-62)69-57-32-18-14-28-49(57)52-38-37-51-48-27-13-16-30-55(48)68(59(51)60(52)69)47-39-53(43-21-7-2-8-22-43)58-54(40-47)50-29-15-17-31-56(50)67(58)46-25-11-4-12-26-46/h1-40,61-62,64H,(H,65,66). The Morgan fingerprint density at radius 2 is 0.812 bits per heavy atom. The second-order valence-electron chi connectivity index (χ2n) is 18.0. The van der Waals surface area contributed by atoms with E-state index in [-0.39, 0.29) is 12.3 Å². The molecule has 0 bridgehead atoms. The summed E-state index contributed by atoms with van der Waals surface area (Å²) in [6.45, 7) is 0. The molecule has 0 radical (unpaired) electrons. The van der Waals surface area contributed by atoms with Crippen LogP contribution in [0.15, 0.2) is 248 Å². The largest absolute Gasteiger partial charge is 0.336 e. The van der Waals surface area contributed by atoms with Gasteiger partial charge in [0.25, 0.3) is 0 Å². The number of nitrogens with one attached hydrogen (secondary N) is 2. The van der Waals surface area contributed by atoms with Crippen LogP contribution in [0.3, 0.4) is 0 Å². The normalized spacial score (nSPS) is 15.1. The third kappa shape index (κ3) is 6.27. The van der Waals surface area contributed by atoms with Gasteiger partial charge in [0.15, 0.2) is 0 Å². The molecule has 6 nitrogen and oxygen atoms in total. The van der Waals surface area contributed by atoms with E-state index >= 15 is 0 Å². The van der Waals surface area contributed by atoms with E-state index in [2.05, 4.69) is 267 Å². The molecule has 2 atom stereocenters. The molecule has 13 aromatic rings. The zero-order valence-electron chi connectivity index (χ0n) is 37.5. The van der Waals surface area contributed by atoms with Crippen LogP contribution in [0, 0.1) is 0 Å². The Labute approximate surface area is 398 Å². The number of benzene rings is 10. The molecule has 10 aromatic carbocycles. The van der Waals surface area contributed by atoms with Crippen molar-refractivity contribution >= 4 is 71.4 Å². The zero-order chi connectivity index (χ0) is 45.4. The predicted molar refractivity (Wildman–Crippen MR) is 286 cm³/mol. The van der Waals surface area contributed by atoms with Crippen LogP contribution in [-0.4, -0.2) is 19.7 Å². The molecule has 14 rings (SSSR count). The first-order valence-corrected chi connectivity index (χ1v) is 23.7. The number of hydrogen-bond acceptors (Lipinski definition) is 3. The van der Waals surface area contributed by atoms with Crippen LogP contribution in [-0.2, 0) is 0 Å². The fourth-order valence-electron chi connectivity index (χ4n) is 11.0. The summed E-state index contributed by atoms with van der Waals surface area (Å²) < 4.78 is 7.34. The molecule has 0 spiro atoms. The number of para-hydroxylation sites is 4. The third-order valence-electron chi connectivity index (χ3n) is 14.1. The van der Waals surface area contributed by atoms with Gasteiger partial charge in [-0.25, -0.2) is 4.99 Å². The Balaban J connectivity index is 1.07. The van der Waals surface area contributed by atoms with E-state index in [1.165, 1.54) is 49.1 Å². The van der Waals surface area contributed by atoms with Gasteiger partial charge in [-0.3, -0.25) is 9.88 Å². The first-order valence-electron chi connectivity index (χ1n) is 23.7. The molecule has 0 aliphatic carbocycles. The van der Waals surface area contributed by atoms with Gasteiger partial charge in [0, 0.05) is 49.3 Å². The van der Waals surface area contributed by atoms with E-state index in [0.29, 0.717) is 0 Å². The van der Waals surface area contributed by atoms with Gasteiger partial charge in [-0.15, -0.1) is 0 Å². The molecule has 3 aromatic heterocycles. The van der Waals surface area contributed by atoms with Crippen molar-refractivity contribution in [2.24, 2.45) is 4.99 Å². The molecular formula is C63H44N6. The van der Waals surface area contributed by atoms with E-state index in [9.17, 15) is 0 Å². The molecule has 4 heterocycles. The van der Waals surface area contributed by atoms with Gasteiger partial charge in [-0.05, 0) is 70.3 Å². The van der Waals surface area contributed by atoms with Crippen LogP contribution in [0.5, 0.6) is 0 Å². The summed E-state index contributed by atoms with van der Waals surface area (Å²) in [5.41, 5.74) is 15.9. The number of rotatable bonds is 6. The minimum absolute atomic E-state index is 0.225. The number of aromatic nitrogens is 3. The second-order valence-corrected chi connectivity index (χ2v) is 18.0. The van der Waals surface area contributed by atoms with Crippen LogP contribution in [0.1, 0.15) is 23.5 Å². The van der Waals surface area contributed by atoms with Crippen molar-refractivity contribution < 1.29 is 0 Å². The summed E-state index contributed by atoms with van der Waals surface area (Å²) in [7, 11) is 0. The van der Waals surface area contributed by atoms with E-state index in [1.807, 2.05) is 0 Å². The molecular weight excluding hydrogens is 841 g/mol. The molecule has 1 aliphatic heterocycles. The summed E-state index contributed by atoms with van der Waals surface area (Å²) in [5.74, 6) is 0.779. The highest BCUT2D eigenvalue weighted by molar-refractivity contribution is 6.26. The minimum atomic E-state index is -0.338. The number of hydrogen-bond donors (Lipinski definition) is 2. The molecule has 0 fully saturated rings. The first-order chi connectivity index (χ1) is 34.2. The number of nitrogens with zero attached hydrogens (tertiary/aromatic N) is 4. The van der Waals surface area contributed by atoms with Crippen LogP contribution in [0.25, 0.3) is 99.0 Å².